The molecule has 346 valence electrons. The topological polar surface area (TPSA) is 261 Å². The molecule has 0 unspecified atom stereocenters. The number of phenols is 1. The third-order valence-electron chi connectivity index (χ3n) is 11.2. The van der Waals surface area contributed by atoms with Gasteiger partial charge in [-0.1, -0.05) is 47.5 Å². The zero-order chi connectivity index (χ0) is 49.4. The number of carboxylic acid groups (broad SMARTS) is 3. The fraction of sp³-hybridized carbons (Fsp3) is 0.0784. The smallest absolute Gasteiger partial charge is 0.337 e. The molecule has 8 rings (SSSR count). The maximum atomic E-state index is 13.5. The summed E-state index contributed by atoms with van der Waals surface area (Å²) in [7, 11) is 3.70. The van der Waals surface area contributed by atoms with E-state index in [9.17, 15) is 49.2 Å². The highest BCUT2D eigenvalue weighted by molar-refractivity contribution is 6.41. The second-order valence-electron chi connectivity index (χ2n) is 15.7. The number of aromatic carboxylic acids is 3. The van der Waals surface area contributed by atoms with Crippen molar-refractivity contribution >= 4 is 80.6 Å². The zero-order valence-electron chi connectivity index (χ0n) is 36.1. The van der Waals surface area contributed by atoms with Gasteiger partial charge in [0, 0.05) is 89.2 Å². The van der Waals surface area contributed by atoms with E-state index in [0.29, 0.717) is 33.2 Å². The van der Waals surface area contributed by atoms with Crippen LogP contribution in [0.1, 0.15) is 47.0 Å². The zero-order valence-corrected chi connectivity index (χ0v) is 37.7. The van der Waals surface area contributed by atoms with E-state index in [1.54, 1.807) is 18.2 Å². The highest BCUT2D eigenvalue weighted by Crippen LogP contribution is 2.47. The average molecular weight is 968 g/mol. The standard InChI is InChI=1S/C51H36Cl2N4O12/c1-57(2)26-9-13-31-39(20-26)68-38-19-25(54)8-12-30(38)43(31)44-36(52)22-34(46(53)45(44)51(66)67)48(61)55-17-5-3-4-6-41(60)56-23-35-37(59)16-15-32-42(29-14-10-27(58)21-40(29)69-47(32)35)28-11-7-24(49(62)63)18-33(28)50(64)65/h3-16,18-22,54,58H,17,23H2,1-2H3,(H,55,61)(H,56,60)(H,62,63)(H,64,65)(H,66,67)/b5-3+,6-4+,54-25?. The Kier molecular flexibility index (Phi) is 12.8. The third kappa shape index (κ3) is 9.09. The molecule has 0 saturated heterocycles. The number of amides is 2. The summed E-state index contributed by atoms with van der Waals surface area (Å²) < 4.78 is 12.3. The van der Waals surface area contributed by atoms with E-state index in [0.717, 1.165) is 17.8 Å². The summed E-state index contributed by atoms with van der Waals surface area (Å²) in [5.74, 6) is -5.47. The van der Waals surface area contributed by atoms with E-state index in [-0.39, 0.29) is 90.1 Å². The van der Waals surface area contributed by atoms with Crippen molar-refractivity contribution in [3.05, 3.63) is 169 Å². The first-order valence-corrected chi connectivity index (χ1v) is 21.4. The fourth-order valence-electron chi connectivity index (χ4n) is 7.94. The van der Waals surface area contributed by atoms with Crippen LogP contribution in [-0.4, -0.2) is 70.8 Å². The van der Waals surface area contributed by atoms with Crippen LogP contribution in [0.3, 0.4) is 0 Å². The quantitative estimate of drug-likeness (QED) is 0.0324. The van der Waals surface area contributed by atoms with E-state index in [1.807, 2.05) is 25.1 Å². The molecule has 18 heteroatoms. The Morgan fingerprint density at radius 2 is 1.42 bits per heavy atom. The highest BCUT2D eigenvalue weighted by atomic mass is 35.5. The number of halogens is 2. The second-order valence-corrected chi connectivity index (χ2v) is 16.5. The van der Waals surface area contributed by atoms with Gasteiger partial charge in [0.2, 0.25) is 5.91 Å². The summed E-state index contributed by atoms with van der Waals surface area (Å²) in [5, 5.41) is 54.4. The maximum Gasteiger partial charge on any atom is 0.337 e. The minimum Gasteiger partial charge on any atom is -0.508 e. The molecular weight excluding hydrogens is 931 g/mol. The van der Waals surface area contributed by atoms with Gasteiger partial charge in [-0.3, -0.25) is 14.4 Å². The van der Waals surface area contributed by atoms with E-state index >= 15 is 0 Å². The first-order chi connectivity index (χ1) is 32.9. The first-order valence-electron chi connectivity index (χ1n) is 20.6. The number of fused-ring (bicyclic) bond motifs is 4. The fourth-order valence-corrected chi connectivity index (χ4v) is 8.56. The Morgan fingerprint density at radius 3 is 2.14 bits per heavy atom. The van der Waals surface area contributed by atoms with E-state index in [1.165, 1.54) is 78.9 Å². The molecular formula is C51H36Cl2N4O12. The van der Waals surface area contributed by atoms with E-state index < -0.39 is 40.7 Å². The lowest BCUT2D eigenvalue weighted by Gasteiger charge is -2.21. The van der Waals surface area contributed by atoms with Crippen LogP contribution in [0.2, 0.25) is 10.0 Å². The van der Waals surface area contributed by atoms with E-state index in [4.69, 9.17) is 37.4 Å². The van der Waals surface area contributed by atoms with Crippen LogP contribution in [0, 0.1) is 5.41 Å². The summed E-state index contributed by atoms with van der Waals surface area (Å²) in [6.07, 6.45) is 5.46. The van der Waals surface area contributed by atoms with Crippen LogP contribution < -0.4 is 26.3 Å². The molecule has 2 amide bonds. The minimum absolute atomic E-state index is 0.00167. The molecule has 4 aliphatic rings. The van der Waals surface area contributed by atoms with Gasteiger partial charge in [-0.25, -0.2) is 14.4 Å². The Balaban J connectivity index is 0.997. The number of anilines is 1. The van der Waals surface area contributed by atoms with Crippen LogP contribution in [0.25, 0.3) is 66.8 Å². The van der Waals surface area contributed by atoms with Crippen molar-refractivity contribution in [2.45, 2.75) is 6.54 Å². The van der Waals surface area contributed by atoms with Crippen molar-refractivity contribution in [3.63, 3.8) is 0 Å². The molecule has 0 bridgehead atoms. The van der Waals surface area contributed by atoms with Crippen molar-refractivity contribution in [1.29, 1.82) is 5.41 Å². The second kappa shape index (κ2) is 18.9. The first kappa shape index (κ1) is 46.8. The molecule has 0 atom stereocenters. The van der Waals surface area contributed by atoms with Gasteiger partial charge >= 0.3 is 17.9 Å². The monoisotopic (exact) mass is 966 g/mol. The molecule has 2 aliphatic carbocycles. The summed E-state index contributed by atoms with van der Waals surface area (Å²) >= 11 is 13.6. The molecule has 7 N–H and O–H groups in total. The summed E-state index contributed by atoms with van der Waals surface area (Å²) in [6, 6.07) is 21.7. The molecule has 16 nitrogen and oxygen atoms in total. The Morgan fingerprint density at radius 1 is 0.710 bits per heavy atom. The molecule has 2 heterocycles. The molecule has 4 aromatic rings. The average Bonchev–Trinajstić information content (AvgIpc) is 3.30. The Hall–Kier alpha value is -8.73. The minimum atomic E-state index is -1.45. The number of nitrogens with one attached hydrogen (secondary N) is 3. The largest absolute Gasteiger partial charge is 0.508 e. The number of carbonyl (C=O) groups excluding carboxylic acids is 2. The normalized spacial score (nSPS) is 11.5. The van der Waals surface area contributed by atoms with Crippen LogP contribution in [0.4, 0.5) is 5.69 Å². The van der Waals surface area contributed by atoms with Gasteiger partial charge in [0.1, 0.15) is 28.4 Å². The summed E-state index contributed by atoms with van der Waals surface area (Å²) in [5.41, 5.74) is 1.08. The van der Waals surface area contributed by atoms with Crippen molar-refractivity contribution in [2.24, 2.45) is 0 Å². The Labute approximate surface area is 399 Å². The molecule has 0 aromatic heterocycles. The van der Waals surface area contributed by atoms with Gasteiger partial charge in [-0.15, -0.1) is 0 Å². The van der Waals surface area contributed by atoms with Gasteiger partial charge in [-0.2, -0.15) is 0 Å². The number of nitrogens with zero attached hydrogens (tertiary/aromatic N) is 1. The van der Waals surface area contributed by atoms with Crippen LogP contribution >= 0.6 is 23.2 Å². The number of hydrogen-bond acceptors (Lipinski definition) is 11. The van der Waals surface area contributed by atoms with Gasteiger partial charge in [0.15, 0.2) is 5.43 Å². The SMILES string of the molecule is CN(C)c1ccc2c(-c3c(Cl)cc(C(=O)NC/C=C/C=C/C(=O)NCc4c5oc6cc(O)ccc6c(-c6ccc(C(=O)O)cc6C(=O)O)c-5ccc4=O)c(Cl)c3C(=O)O)c3ccc(=N)cc-3oc2c1. The number of allylic oxidation sites excluding steroid dienone is 2. The molecule has 69 heavy (non-hydrogen) atoms. The van der Waals surface area contributed by atoms with Crippen LogP contribution in [0.5, 0.6) is 5.75 Å². The number of benzene rings is 6. The van der Waals surface area contributed by atoms with Crippen LogP contribution in [0.15, 0.2) is 129 Å². The molecule has 0 fully saturated rings. The maximum absolute atomic E-state index is 13.5. The number of phenolic OH excluding ortho intramolecular Hbond substituents is 1. The molecule has 0 spiro atoms. The highest BCUT2D eigenvalue weighted by Gasteiger charge is 2.30. The number of rotatable bonds is 13. The van der Waals surface area contributed by atoms with Gasteiger partial charge in [-0.05, 0) is 72.3 Å². The predicted octanol–water partition coefficient (Wildman–Crippen LogP) is 8.89. The lowest BCUT2D eigenvalue weighted by molar-refractivity contribution is -0.116. The molecule has 0 saturated carbocycles. The predicted molar refractivity (Wildman–Crippen MR) is 258 cm³/mol. The number of aromatic hydroxyl groups is 1. The van der Waals surface area contributed by atoms with Gasteiger partial charge in [0.25, 0.3) is 5.91 Å². The molecule has 4 aromatic carbocycles. The lowest BCUT2D eigenvalue weighted by atomic mass is 9.88. The van der Waals surface area contributed by atoms with Crippen LogP contribution in [-0.2, 0) is 11.3 Å². The van der Waals surface area contributed by atoms with Gasteiger partial charge < -0.3 is 50.2 Å². The molecule has 2 aliphatic heterocycles. The lowest BCUT2D eigenvalue weighted by Crippen LogP contribution is -2.25. The number of carboxylic acids is 3. The van der Waals surface area contributed by atoms with Crippen molar-refractivity contribution < 1.29 is 53.2 Å². The summed E-state index contributed by atoms with van der Waals surface area (Å²) in [6.45, 7) is -0.431. The number of carbonyl (C=O) groups is 5. The summed E-state index contributed by atoms with van der Waals surface area (Å²) in [4.78, 5) is 78.6. The van der Waals surface area contributed by atoms with Crippen molar-refractivity contribution in [1.82, 2.24) is 10.6 Å². The van der Waals surface area contributed by atoms with E-state index in [2.05, 4.69) is 10.6 Å². The number of hydrogen-bond donors (Lipinski definition) is 7. The molecule has 0 radical (unpaired) electrons. The Bertz CT molecular complexity index is 3610. The van der Waals surface area contributed by atoms with Crippen molar-refractivity contribution in [3.8, 4) is 50.7 Å². The third-order valence-corrected chi connectivity index (χ3v) is 11.9. The van der Waals surface area contributed by atoms with Gasteiger partial charge in [0.05, 0.1) is 49.8 Å². The van der Waals surface area contributed by atoms with Crippen molar-refractivity contribution in [2.75, 3.05) is 25.5 Å².